The van der Waals surface area contributed by atoms with Crippen molar-refractivity contribution in [1.82, 2.24) is 14.9 Å². The van der Waals surface area contributed by atoms with Gasteiger partial charge >= 0.3 is 0 Å². The second-order valence-corrected chi connectivity index (χ2v) is 8.81. The number of benzene rings is 1. The summed E-state index contributed by atoms with van der Waals surface area (Å²) in [5.41, 5.74) is 0.552. The van der Waals surface area contributed by atoms with E-state index < -0.39 is 0 Å². The van der Waals surface area contributed by atoms with Gasteiger partial charge in [0, 0.05) is 13.2 Å². The van der Waals surface area contributed by atoms with Crippen molar-refractivity contribution in [1.29, 1.82) is 0 Å². The highest BCUT2D eigenvalue weighted by atomic mass is 32.2. The second-order valence-electron chi connectivity index (χ2n) is 7.50. The Morgan fingerprint density at radius 3 is 2.86 bits per heavy atom. The molecule has 1 aromatic heterocycles. The van der Waals surface area contributed by atoms with E-state index in [2.05, 4.69) is 17.2 Å². The van der Waals surface area contributed by atoms with Crippen molar-refractivity contribution < 1.29 is 9.53 Å². The van der Waals surface area contributed by atoms with Crippen LogP contribution in [-0.4, -0.2) is 40.5 Å². The van der Waals surface area contributed by atoms with Gasteiger partial charge in [0.1, 0.15) is 0 Å². The van der Waals surface area contributed by atoms with Gasteiger partial charge in [-0.05, 0) is 37.8 Å². The summed E-state index contributed by atoms with van der Waals surface area (Å²) in [5.74, 6) is 0.512. The fourth-order valence-electron chi connectivity index (χ4n) is 3.66. The number of hydrogen-bond acceptors (Lipinski definition) is 5. The van der Waals surface area contributed by atoms with E-state index in [-0.39, 0.29) is 22.8 Å². The van der Waals surface area contributed by atoms with Crippen LogP contribution in [0.15, 0.2) is 34.2 Å². The molecule has 7 heteroatoms. The lowest BCUT2D eigenvalue weighted by Crippen LogP contribution is -2.44. The lowest BCUT2D eigenvalue weighted by molar-refractivity contribution is -0.121. The van der Waals surface area contributed by atoms with Gasteiger partial charge in [-0.15, -0.1) is 0 Å². The van der Waals surface area contributed by atoms with E-state index in [0.29, 0.717) is 35.1 Å². The van der Waals surface area contributed by atoms with Gasteiger partial charge in [-0.3, -0.25) is 14.2 Å². The molecule has 28 heavy (non-hydrogen) atoms. The van der Waals surface area contributed by atoms with Crippen molar-refractivity contribution in [2.75, 3.05) is 13.7 Å². The predicted octanol–water partition coefficient (Wildman–Crippen LogP) is 3.22. The number of rotatable bonds is 7. The quantitative estimate of drug-likeness (QED) is 0.568. The molecule has 1 aliphatic rings. The van der Waals surface area contributed by atoms with Crippen LogP contribution in [-0.2, 0) is 16.1 Å². The van der Waals surface area contributed by atoms with Gasteiger partial charge in [0.25, 0.3) is 5.56 Å². The fourth-order valence-corrected chi connectivity index (χ4v) is 4.60. The van der Waals surface area contributed by atoms with Crippen molar-refractivity contribution >= 4 is 28.6 Å². The van der Waals surface area contributed by atoms with Crippen molar-refractivity contribution in [3.05, 3.63) is 34.6 Å². The number of amides is 1. The van der Waals surface area contributed by atoms with Crippen LogP contribution < -0.4 is 10.9 Å². The number of aromatic nitrogens is 2. The fraction of sp³-hybridized carbons (Fsp3) is 0.571. The zero-order valence-electron chi connectivity index (χ0n) is 16.8. The Labute approximate surface area is 170 Å². The van der Waals surface area contributed by atoms with Crippen LogP contribution in [0.1, 0.15) is 39.5 Å². The molecule has 1 aliphatic carbocycles. The summed E-state index contributed by atoms with van der Waals surface area (Å²) in [5, 5.41) is 4.00. The Kier molecular flexibility index (Phi) is 7.13. The lowest BCUT2D eigenvalue weighted by Gasteiger charge is -2.30. The zero-order chi connectivity index (χ0) is 20.1. The number of carbonyl (C=O) groups is 1. The highest BCUT2D eigenvalue weighted by molar-refractivity contribution is 8.00. The molecule has 152 valence electrons. The summed E-state index contributed by atoms with van der Waals surface area (Å²) < 4.78 is 6.77. The number of ether oxygens (including phenoxy) is 1. The maximum Gasteiger partial charge on any atom is 0.262 e. The Hall–Kier alpha value is -1.86. The normalized spacial score (nSPS) is 20.8. The summed E-state index contributed by atoms with van der Waals surface area (Å²) in [7, 11) is 1.60. The highest BCUT2D eigenvalue weighted by Crippen LogP contribution is 2.26. The molecular formula is C21H29N3O3S. The first-order valence-corrected chi connectivity index (χ1v) is 10.8. The van der Waals surface area contributed by atoms with E-state index in [1.54, 1.807) is 17.7 Å². The van der Waals surface area contributed by atoms with Crippen LogP contribution in [0.4, 0.5) is 0 Å². The van der Waals surface area contributed by atoms with Gasteiger partial charge in [-0.25, -0.2) is 4.98 Å². The maximum absolute atomic E-state index is 12.9. The third-order valence-corrected chi connectivity index (χ3v) is 6.53. The summed E-state index contributed by atoms with van der Waals surface area (Å²) >= 11 is 1.33. The van der Waals surface area contributed by atoms with Gasteiger partial charge in [0.05, 0.1) is 29.3 Å². The van der Waals surface area contributed by atoms with Gasteiger partial charge in [0.2, 0.25) is 5.91 Å². The molecule has 0 aliphatic heterocycles. The van der Waals surface area contributed by atoms with Crippen LogP contribution >= 0.6 is 11.8 Å². The number of fused-ring (bicyclic) bond motifs is 1. The Balaban J connectivity index is 1.81. The smallest absolute Gasteiger partial charge is 0.262 e. The number of hydrogen-bond donors (Lipinski definition) is 1. The molecule has 1 fully saturated rings. The number of thioether (sulfide) groups is 1. The number of methoxy groups -OCH3 is 1. The minimum Gasteiger partial charge on any atom is -0.383 e. The Bertz CT molecular complexity index is 883. The predicted molar refractivity (Wildman–Crippen MR) is 113 cm³/mol. The molecule has 0 saturated heterocycles. The van der Waals surface area contributed by atoms with Gasteiger partial charge in [-0.2, -0.15) is 0 Å². The molecule has 0 bridgehead atoms. The van der Waals surface area contributed by atoms with Crippen molar-refractivity contribution in [3.63, 3.8) is 0 Å². The first-order valence-electron chi connectivity index (χ1n) is 9.96. The van der Waals surface area contributed by atoms with E-state index in [1.807, 2.05) is 25.1 Å². The second kappa shape index (κ2) is 9.56. The number of carbonyl (C=O) groups excluding carboxylic acids is 1. The number of nitrogens with one attached hydrogen (secondary N) is 1. The zero-order valence-corrected chi connectivity index (χ0v) is 17.6. The van der Waals surface area contributed by atoms with E-state index in [0.717, 1.165) is 12.8 Å². The molecule has 0 unspecified atom stereocenters. The lowest BCUT2D eigenvalue weighted by atomic mass is 9.86. The minimum absolute atomic E-state index is 0.00412. The minimum atomic E-state index is -0.337. The van der Waals surface area contributed by atoms with Crippen molar-refractivity contribution in [3.8, 4) is 0 Å². The molecule has 1 aromatic carbocycles. The molecule has 1 heterocycles. The number of para-hydroxylation sites is 1. The largest absolute Gasteiger partial charge is 0.383 e. The third-order valence-electron chi connectivity index (χ3n) is 5.44. The average Bonchev–Trinajstić information content (AvgIpc) is 2.69. The first-order chi connectivity index (χ1) is 13.5. The Morgan fingerprint density at radius 2 is 2.11 bits per heavy atom. The van der Waals surface area contributed by atoms with Gasteiger partial charge in [-0.1, -0.05) is 43.7 Å². The average molecular weight is 404 g/mol. The topological polar surface area (TPSA) is 73.2 Å². The first kappa shape index (κ1) is 20.9. The summed E-state index contributed by atoms with van der Waals surface area (Å²) in [6, 6.07) is 7.55. The molecule has 1 saturated carbocycles. The molecular weight excluding hydrogens is 374 g/mol. The van der Waals surface area contributed by atoms with Crippen LogP contribution in [0.2, 0.25) is 0 Å². The molecule has 1 amide bonds. The molecule has 1 N–H and O–H groups in total. The van der Waals surface area contributed by atoms with E-state index in [1.165, 1.54) is 24.6 Å². The van der Waals surface area contributed by atoms with Crippen LogP contribution in [0.3, 0.4) is 0 Å². The van der Waals surface area contributed by atoms with Gasteiger partial charge < -0.3 is 10.1 Å². The van der Waals surface area contributed by atoms with E-state index in [4.69, 9.17) is 4.74 Å². The van der Waals surface area contributed by atoms with Crippen LogP contribution in [0.25, 0.3) is 10.9 Å². The molecule has 6 nitrogen and oxygen atoms in total. The standard InChI is InChI=1S/C21H29N3O3S/c1-14-8-4-6-10-17(14)22-19(25)15(2)28-21-23-18-11-7-5-9-16(18)20(26)24(21)12-13-27-3/h5,7,9,11,14-15,17H,4,6,8,10,12-13H2,1-3H3,(H,22,25)/t14-,15-,17-/m1/s1. The van der Waals surface area contributed by atoms with Crippen LogP contribution in [0, 0.1) is 5.92 Å². The summed E-state index contributed by atoms with van der Waals surface area (Å²) in [6.07, 6.45) is 4.61. The molecule has 2 aromatic rings. The van der Waals surface area contributed by atoms with Gasteiger partial charge in [0.15, 0.2) is 5.16 Å². The molecule has 3 atom stereocenters. The van der Waals surface area contributed by atoms with E-state index >= 15 is 0 Å². The Morgan fingerprint density at radius 1 is 1.36 bits per heavy atom. The van der Waals surface area contributed by atoms with E-state index in [9.17, 15) is 9.59 Å². The molecule has 0 radical (unpaired) electrons. The monoisotopic (exact) mass is 403 g/mol. The summed E-state index contributed by atoms with van der Waals surface area (Å²) in [4.78, 5) is 30.3. The van der Waals surface area contributed by atoms with Crippen molar-refractivity contribution in [2.24, 2.45) is 5.92 Å². The third kappa shape index (κ3) is 4.75. The molecule has 3 rings (SSSR count). The van der Waals surface area contributed by atoms with Crippen LogP contribution in [0.5, 0.6) is 0 Å². The summed E-state index contributed by atoms with van der Waals surface area (Å²) in [6.45, 7) is 4.89. The maximum atomic E-state index is 12.9. The molecule has 0 spiro atoms. The highest BCUT2D eigenvalue weighted by Gasteiger charge is 2.26. The van der Waals surface area contributed by atoms with Crippen molar-refractivity contribution in [2.45, 2.75) is 62.5 Å². The SMILES string of the molecule is COCCn1c(S[C@H](C)C(=O)N[C@@H]2CCCC[C@H]2C)nc2ccccc2c1=O. The number of nitrogens with zero attached hydrogens (tertiary/aromatic N) is 2.